The van der Waals surface area contributed by atoms with Crippen molar-refractivity contribution >= 4 is 27.7 Å². The summed E-state index contributed by atoms with van der Waals surface area (Å²) in [6.07, 6.45) is 1.30. The molecule has 17 heavy (non-hydrogen) atoms. The highest BCUT2D eigenvalue weighted by molar-refractivity contribution is 9.10. The first-order valence-electron chi connectivity index (χ1n) is 4.62. The molecule has 0 fully saturated rings. The molecular formula is C10H8BrN3O3. The molecule has 0 unspecified atom stereocenters. The van der Waals surface area contributed by atoms with Gasteiger partial charge in [-0.1, -0.05) is 0 Å². The average Bonchev–Trinajstić information content (AvgIpc) is 2.76. The second-order valence-corrected chi connectivity index (χ2v) is 3.79. The number of nitrogens with zero attached hydrogens (tertiary/aromatic N) is 2. The highest BCUT2D eigenvalue weighted by Crippen LogP contribution is 2.16. The van der Waals surface area contributed by atoms with Gasteiger partial charge in [0, 0.05) is 6.07 Å². The van der Waals surface area contributed by atoms with E-state index in [0.717, 1.165) is 0 Å². The minimum absolute atomic E-state index is 0.189. The smallest absolute Gasteiger partial charge is 0.292 e. The zero-order valence-electron chi connectivity index (χ0n) is 8.81. The molecule has 88 valence electrons. The number of aromatic nitrogens is 2. The van der Waals surface area contributed by atoms with E-state index in [1.165, 1.54) is 19.5 Å². The SMILES string of the molecule is COc1cc(NC(=O)c2ccc(Br)o2)ncn1. The van der Waals surface area contributed by atoms with Crippen molar-refractivity contribution < 1.29 is 13.9 Å². The first kappa shape index (κ1) is 11.6. The number of hydrogen-bond acceptors (Lipinski definition) is 5. The number of ether oxygens (including phenoxy) is 1. The summed E-state index contributed by atoms with van der Waals surface area (Å²) < 4.78 is 10.5. The normalized spacial score (nSPS) is 10.0. The Balaban J connectivity index is 2.12. The molecule has 2 aromatic heterocycles. The fourth-order valence-corrected chi connectivity index (χ4v) is 1.44. The summed E-state index contributed by atoms with van der Waals surface area (Å²) in [5.41, 5.74) is 0. The van der Waals surface area contributed by atoms with Crippen molar-refractivity contribution in [3.63, 3.8) is 0 Å². The fraction of sp³-hybridized carbons (Fsp3) is 0.100. The van der Waals surface area contributed by atoms with E-state index >= 15 is 0 Å². The fourth-order valence-electron chi connectivity index (χ4n) is 1.13. The van der Waals surface area contributed by atoms with Crippen molar-refractivity contribution in [1.82, 2.24) is 9.97 Å². The predicted octanol–water partition coefficient (Wildman–Crippen LogP) is 2.09. The van der Waals surface area contributed by atoms with Crippen molar-refractivity contribution in [3.05, 3.63) is 35.0 Å². The number of carbonyl (C=O) groups excluding carboxylic acids is 1. The van der Waals surface area contributed by atoms with Crippen LogP contribution in [0.2, 0.25) is 0 Å². The highest BCUT2D eigenvalue weighted by atomic mass is 79.9. The van der Waals surface area contributed by atoms with Crippen LogP contribution in [0.1, 0.15) is 10.6 Å². The van der Waals surface area contributed by atoms with Gasteiger partial charge in [0.2, 0.25) is 5.88 Å². The number of carbonyl (C=O) groups is 1. The van der Waals surface area contributed by atoms with Gasteiger partial charge in [0.25, 0.3) is 5.91 Å². The van der Waals surface area contributed by atoms with Crippen LogP contribution >= 0.6 is 15.9 Å². The van der Waals surface area contributed by atoms with Crippen molar-refractivity contribution in [1.29, 1.82) is 0 Å². The lowest BCUT2D eigenvalue weighted by atomic mass is 10.4. The molecule has 0 bridgehead atoms. The lowest BCUT2D eigenvalue weighted by molar-refractivity contribution is 0.0995. The van der Waals surface area contributed by atoms with Gasteiger partial charge >= 0.3 is 0 Å². The van der Waals surface area contributed by atoms with Gasteiger partial charge in [0.15, 0.2) is 10.4 Å². The van der Waals surface area contributed by atoms with Crippen molar-refractivity contribution in [3.8, 4) is 5.88 Å². The Labute approximate surface area is 105 Å². The second kappa shape index (κ2) is 4.96. The van der Waals surface area contributed by atoms with Crippen LogP contribution in [0.15, 0.2) is 33.6 Å². The van der Waals surface area contributed by atoms with Gasteiger partial charge in [0.05, 0.1) is 7.11 Å². The summed E-state index contributed by atoms with van der Waals surface area (Å²) >= 11 is 3.12. The number of methoxy groups -OCH3 is 1. The van der Waals surface area contributed by atoms with Crippen molar-refractivity contribution in [2.45, 2.75) is 0 Å². The lowest BCUT2D eigenvalue weighted by Crippen LogP contribution is -2.12. The molecule has 2 rings (SSSR count). The summed E-state index contributed by atoms with van der Waals surface area (Å²) in [7, 11) is 1.48. The first-order valence-corrected chi connectivity index (χ1v) is 5.41. The molecule has 1 amide bonds. The van der Waals surface area contributed by atoms with E-state index in [-0.39, 0.29) is 5.76 Å². The molecule has 6 nitrogen and oxygen atoms in total. The number of anilines is 1. The summed E-state index contributed by atoms with van der Waals surface area (Å²) in [5.74, 6) is 0.510. The molecule has 0 saturated heterocycles. The monoisotopic (exact) mass is 297 g/mol. The summed E-state index contributed by atoms with van der Waals surface area (Å²) in [6.45, 7) is 0. The Morgan fingerprint density at radius 2 is 2.29 bits per heavy atom. The Hall–Kier alpha value is -1.89. The summed E-state index contributed by atoms with van der Waals surface area (Å²) in [5, 5.41) is 2.56. The number of hydrogen-bond donors (Lipinski definition) is 1. The van der Waals surface area contributed by atoms with Gasteiger partial charge in [-0.25, -0.2) is 9.97 Å². The molecule has 0 radical (unpaired) electrons. The van der Waals surface area contributed by atoms with E-state index in [0.29, 0.717) is 16.4 Å². The molecule has 2 aromatic rings. The maximum atomic E-state index is 11.7. The largest absolute Gasteiger partial charge is 0.481 e. The third-order valence-corrected chi connectivity index (χ3v) is 2.32. The van der Waals surface area contributed by atoms with Crippen molar-refractivity contribution in [2.24, 2.45) is 0 Å². The van der Waals surface area contributed by atoms with Crippen LogP contribution in [0.4, 0.5) is 5.82 Å². The van der Waals surface area contributed by atoms with E-state index in [4.69, 9.17) is 9.15 Å². The van der Waals surface area contributed by atoms with Crippen LogP contribution in [0.5, 0.6) is 5.88 Å². The quantitative estimate of drug-likeness (QED) is 0.939. The number of furan rings is 1. The second-order valence-electron chi connectivity index (χ2n) is 3.00. The standard InChI is InChI=1S/C10H8BrN3O3/c1-16-9-4-8(12-5-13-9)14-10(15)6-2-3-7(11)17-6/h2-5H,1H3,(H,12,13,14,15). The molecule has 0 aliphatic rings. The van der Waals surface area contributed by atoms with Gasteiger partial charge in [-0.2, -0.15) is 0 Å². The molecule has 0 aliphatic heterocycles. The van der Waals surface area contributed by atoms with Crippen LogP contribution in [0.25, 0.3) is 0 Å². The van der Waals surface area contributed by atoms with Gasteiger partial charge < -0.3 is 14.5 Å². The third kappa shape index (κ3) is 2.82. The van der Waals surface area contributed by atoms with E-state index < -0.39 is 5.91 Å². The van der Waals surface area contributed by atoms with E-state index in [9.17, 15) is 4.79 Å². The van der Waals surface area contributed by atoms with Crippen LogP contribution < -0.4 is 10.1 Å². The van der Waals surface area contributed by atoms with E-state index in [2.05, 4.69) is 31.2 Å². The third-order valence-electron chi connectivity index (χ3n) is 1.89. The molecular weight excluding hydrogens is 290 g/mol. The summed E-state index contributed by atoms with van der Waals surface area (Å²) in [6, 6.07) is 4.70. The molecule has 0 aliphatic carbocycles. The lowest BCUT2D eigenvalue weighted by Gasteiger charge is -2.03. The van der Waals surface area contributed by atoms with E-state index in [1.54, 1.807) is 12.1 Å². The van der Waals surface area contributed by atoms with Gasteiger partial charge in [-0.15, -0.1) is 0 Å². The van der Waals surface area contributed by atoms with Crippen molar-refractivity contribution in [2.75, 3.05) is 12.4 Å². The molecule has 7 heteroatoms. The van der Waals surface area contributed by atoms with Gasteiger partial charge in [0.1, 0.15) is 12.1 Å². The Kier molecular flexibility index (Phi) is 3.38. The predicted molar refractivity (Wildman–Crippen MR) is 62.9 cm³/mol. The minimum Gasteiger partial charge on any atom is -0.481 e. The Morgan fingerprint density at radius 3 is 2.94 bits per heavy atom. The first-order chi connectivity index (χ1) is 8.19. The zero-order chi connectivity index (χ0) is 12.3. The van der Waals surface area contributed by atoms with Crippen LogP contribution in [0.3, 0.4) is 0 Å². The highest BCUT2D eigenvalue weighted by Gasteiger charge is 2.11. The van der Waals surface area contributed by atoms with Gasteiger partial charge in [-0.3, -0.25) is 4.79 Å². The van der Waals surface area contributed by atoms with E-state index in [1.807, 2.05) is 0 Å². The topological polar surface area (TPSA) is 77.2 Å². The maximum absolute atomic E-state index is 11.7. The molecule has 2 heterocycles. The zero-order valence-corrected chi connectivity index (χ0v) is 10.4. The van der Waals surface area contributed by atoms with Crippen LogP contribution in [-0.4, -0.2) is 23.0 Å². The maximum Gasteiger partial charge on any atom is 0.292 e. The van der Waals surface area contributed by atoms with Crippen LogP contribution in [-0.2, 0) is 0 Å². The number of nitrogens with one attached hydrogen (secondary N) is 1. The average molecular weight is 298 g/mol. The molecule has 0 spiro atoms. The molecule has 0 atom stereocenters. The molecule has 0 aromatic carbocycles. The Morgan fingerprint density at radius 1 is 1.47 bits per heavy atom. The van der Waals surface area contributed by atoms with Gasteiger partial charge in [-0.05, 0) is 28.1 Å². The Bertz CT molecular complexity index is 541. The summed E-state index contributed by atoms with van der Waals surface area (Å²) in [4.78, 5) is 19.4. The minimum atomic E-state index is -0.392. The molecule has 1 N–H and O–H groups in total. The number of halogens is 1. The van der Waals surface area contributed by atoms with Crippen LogP contribution in [0, 0.1) is 0 Å². The number of rotatable bonds is 3. The number of amides is 1. The molecule has 0 saturated carbocycles.